The highest BCUT2D eigenvalue weighted by molar-refractivity contribution is 7.81. The molecule has 1 aliphatic heterocycles. The van der Waals surface area contributed by atoms with E-state index in [2.05, 4.69) is 60.2 Å². The Hall–Kier alpha value is -5.76. The van der Waals surface area contributed by atoms with E-state index in [9.17, 15) is 58.2 Å². The maximum absolute atomic E-state index is 14.0. The van der Waals surface area contributed by atoms with E-state index in [0.717, 1.165) is 11.8 Å². The molecule has 1 heterocycles. The first-order valence-electron chi connectivity index (χ1n) is 23.1. The van der Waals surface area contributed by atoms with Crippen LogP contribution in [0.5, 0.6) is 0 Å². The summed E-state index contributed by atoms with van der Waals surface area (Å²) in [5, 5.41) is 41.0. The first-order chi connectivity index (χ1) is 32.1. The van der Waals surface area contributed by atoms with Gasteiger partial charge in [0.05, 0.1) is 25.8 Å². The molecule has 392 valence electrons. The quantitative estimate of drug-likeness (QED) is 0.0152. The lowest BCUT2D eigenvalue weighted by atomic mass is 9.97. The standard InChI is InChI=1S/C43H77N13O12S/c1-11-23(5)32(38(65)49-26(15-13-17-47-42(44)45)41(68)56-18-14-16-28(56)36(63)46-12-2)52-35(62)27(21-57)50-39(66)33(24(6)58)53-40(67)34(43(8,9)69)54-37(64)31(22(3)4)51-29(60)19-48-30(61)20-55(10)25(7)59/h22-24,26-28,31-34,57-58,69H,11-21H2,1-10H3,(H,46,63)(H,48,61)(H,49,65)(H,50,66)(H,51,60)(H,52,62)(H,53,67)(H,54,64)(H4,44,45,47)/t23-,24+,26-,27-,28-,31-,32-,33-,34-/m0/s1. The number of thiol groups is 1. The van der Waals surface area contributed by atoms with Crippen LogP contribution < -0.4 is 54.0 Å². The number of guanidine groups is 1. The first kappa shape index (κ1) is 61.3. The second kappa shape index (κ2) is 29.3. The number of hydrogen-bond acceptors (Lipinski definition) is 14. The first-order valence-corrected chi connectivity index (χ1v) is 23.5. The second-order valence-corrected chi connectivity index (χ2v) is 19.1. The number of amides is 10. The van der Waals surface area contributed by atoms with Crippen LogP contribution >= 0.6 is 12.6 Å². The molecule has 0 aliphatic carbocycles. The van der Waals surface area contributed by atoms with Crippen LogP contribution in [-0.2, 0) is 47.9 Å². The lowest BCUT2D eigenvalue weighted by Gasteiger charge is -2.33. The molecule has 0 radical (unpaired) electrons. The molecular weight excluding hydrogens is 923 g/mol. The van der Waals surface area contributed by atoms with Crippen LogP contribution in [0.3, 0.4) is 0 Å². The van der Waals surface area contributed by atoms with E-state index in [-0.39, 0.29) is 50.2 Å². The topological polar surface area (TPSA) is 378 Å². The van der Waals surface area contributed by atoms with Crippen molar-refractivity contribution in [3.63, 3.8) is 0 Å². The predicted octanol–water partition coefficient (Wildman–Crippen LogP) is -4.55. The van der Waals surface area contributed by atoms with Gasteiger partial charge >= 0.3 is 0 Å². The van der Waals surface area contributed by atoms with Crippen LogP contribution in [0.4, 0.5) is 0 Å². The van der Waals surface area contributed by atoms with Gasteiger partial charge < -0.3 is 74.0 Å². The highest BCUT2D eigenvalue weighted by Gasteiger charge is 2.41. The van der Waals surface area contributed by atoms with Gasteiger partial charge in [0.1, 0.15) is 42.3 Å². The van der Waals surface area contributed by atoms with Crippen LogP contribution in [0, 0.1) is 11.8 Å². The molecular formula is C43H77N13O12S. The molecule has 1 fully saturated rings. The van der Waals surface area contributed by atoms with Gasteiger partial charge in [-0.05, 0) is 65.2 Å². The van der Waals surface area contributed by atoms with Gasteiger partial charge in [-0.25, -0.2) is 0 Å². The summed E-state index contributed by atoms with van der Waals surface area (Å²) in [5.74, 6) is -8.65. The summed E-state index contributed by atoms with van der Waals surface area (Å²) in [4.78, 5) is 139. The van der Waals surface area contributed by atoms with Gasteiger partial charge in [-0.2, -0.15) is 12.6 Å². The Morgan fingerprint density at radius 2 is 1.38 bits per heavy atom. The van der Waals surface area contributed by atoms with Crippen LogP contribution in [0.1, 0.15) is 94.4 Å². The Morgan fingerprint density at radius 3 is 1.90 bits per heavy atom. The normalized spacial score (nSPS) is 17.0. The maximum atomic E-state index is 14.0. The van der Waals surface area contributed by atoms with Crippen LogP contribution in [0.2, 0.25) is 0 Å². The van der Waals surface area contributed by atoms with E-state index in [4.69, 9.17) is 11.5 Å². The van der Waals surface area contributed by atoms with E-state index in [1.165, 1.54) is 32.7 Å². The fraction of sp³-hybridized carbons (Fsp3) is 0.744. The molecule has 1 rings (SSSR count). The maximum Gasteiger partial charge on any atom is 0.245 e. The van der Waals surface area contributed by atoms with Gasteiger partial charge in [0.2, 0.25) is 59.1 Å². The molecule has 26 heteroatoms. The van der Waals surface area contributed by atoms with Crippen LogP contribution in [0.15, 0.2) is 4.99 Å². The fourth-order valence-corrected chi connectivity index (χ4v) is 7.17. The Morgan fingerprint density at radius 1 is 0.797 bits per heavy atom. The molecule has 0 unspecified atom stereocenters. The highest BCUT2D eigenvalue weighted by atomic mass is 32.1. The second-order valence-electron chi connectivity index (χ2n) is 18.0. The molecule has 0 bridgehead atoms. The van der Waals surface area contributed by atoms with E-state index in [1.807, 2.05) is 0 Å². The van der Waals surface area contributed by atoms with E-state index >= 15 is 0 Å². The molecule has 1 saturated heterocycles. The van der Waals surface area contributed by atoms with E-state index in [1.54, 1.807) is 34.6 Å². The number of rotatable bonds is 28. The zero-order valence-corrected chi connectivity index (χ0v) is 42.4. The van der Waals surface area contributed by atoms with Gasteiger partial charge in [-0.1, -0.05) is 34.1 Å². The summed E-state index contributed by atoms with van der Waals surface area (Å²) >= 11 is 4.48. The Labute approximate surface area is 409 Å². The van der Waals surface area contributed by atoms with Crippen molar-refractivity contribution in [2.45, 2.75) is 148 Å². The molecule has 1 aliphatic rings. The summed E-state index contributed by atoms with van der Waals surface area (Å²) < 4.78 is -1.34. The number of likely N-dealkylation sites (tertiary alicyclic amines) is 1. The van der Waals surface area contributed by atoms with Crippen molar-refractivity contribution in [1.82, 2.24) is 52.3 Å². The van der Waals surface area contributed by atoms with Crippen molar-refractivity contribution in [2.24, 2.45) is 28.3 Å². The Balaban J connectivity index is 3.26. The number of aliphatic hydroxyl groups is 2. The highest BCUT2D eigenvalue weighted by Crippen LogP contribution is 2.21. The Bertz CT molecular complexity index is 1840. The van der Waals surface area contributed by atoms with Crippen molar-refractivity contribution < 1.29 is 58.2 Å². The number of carbonyl (C=O) groups is 10. The number of nitrogens with one attached hydrogen (secondary N) is 8. The molecule has 10 amide bonds. The number of nitrogens with two attached hydrogens (primary N) is 2. The zero-order valence-electron chi connectivity index (χ0n) is 41.5. The van der Waals surface area contributed by atoms with Gasteiger partial charge in [0, 0.05) is 38.4 Å². The molecule has 0 saturated carbocycles. The molecule has 0 aromatic carbocycles. The van der Waals surface area contributed by atoms with Gasteiger partial charge in [-0.15, -0.1) is 0 Å². The lowest BCUT2D eigenvalue weighted by molar-refractivity contribution is -0.142. The molecule has 0 aromatic heterocycles. The average molecular weight is 1000 g/mol. The summed E-state index contributed by atoms with van der Waals surface area (Å²) in [6, 6.07) is -9.49. The third kappa shape index (κ3) is 20.4. The van der Waals surface area contributed by atoms with Crippen molar-refractivity contribution in [2.75, 3.05) is 46.4 Å². The molecule has 0 spiro atoms. The SMILES string of the molecule is CCNC(=O)[C@@H]1CCCN1C(=O)[C@H](CCCN=C(N)N)NC(=O)[C@@H](NC(=O)[C@H](CO)NC(=O)[C@@H](NC(=O)[C@H](NC(=O)[C@@H](NC(=O)CNC(=O)CN(C)C(C)=O)C(C)C)C(C)(C)S)[C@@H](C)O)[C@@H](C)CC. The smallest absolute Gasteiger partial charge is 0.245 e. The van der Waals surface area contributed by atoms with Crippen molar-refractivity contribution >= 4 is 77.7 Å². The molecule has 14 N–H and O–H groups in total. The fourth-order valence-electron chi connectivity index (χ4n) is 6.99. The minimum atomic E-state index is -1.78. The summed E-state index contributed by atoms with van der Waals surface area (Å²) in [7, 11) is 1.40. The Kier molecular flexibility index (Phi) is 26.0. The third-order valence-corrected chi connectivity index (χ3v) is 11.6. The number of carbonyl (C=O) groups excluding carboxylic acids is 10. The van der Waals surface area contributed by atoms with Crippen LogP contribution in [0.25, 0.3) is 0 Å². The predicted molar refractivity (Wildman–Crippen MR) is 257 cm³/mol. The van der Waals surface area contributed by atoms with Crippen molar-refractivity contribution in [3.05, 3.63) is 0 Å². The third-order valence-electron chi connectivity index (χ3n) is 11.3. The average Bonchev–Trinajstić information content (AvgIpc) is 3.76. The minimum absolute atomic E-state index is 0.0662. The zero-order chi connectivity index (χ0) is 52.9. The molecule has 69 heavy (non-hydrogen) atoms. The number of aliphatic hydroxyl groups excluding tert-OH is 2. The minimum Gasteiger partial charge on any atom is -0.394 e. The van der Waals surface area contributed by atoms with Gasteiger partial charge in [0.25, 0.3) is 0 Å². The van der Waals surface area contributed by atoms with E-state index < -0.39 is 125 Å². The summed E-state index contributed by atoms with van der Waals surface area (Å²) in [5.41, 5.74) is 10.9. The molecule has 0 aromatic rings. The monoisotopic (exact) mass is 1000 g/mol. The largest absolute Gasteiger partial charge is 0.394 e. The number of hydrogen-bond donors (Lipinski definition) is 13. The number of aliphatic imine (C=N–C) groups is 1. The molecule has 25 nitrogen and oxygen atoms in total. The van der Waals surface area contributed by atoms with Crippen LogP contribution in [-0.4, -0.2) is 185 Å². The van der Waals surface area contributed by atoms with E-state index in [0.29, 0.717) is 25.8 Å². The molecule has 9 atom stereocenters. The number of likely N-dealkylation sites (N-methyl/N-ethyl adjacent to an activating group) is 2. The van der Waals surface area contributed by atoms with Gasteiger partial charge in [0.15, 0.2) is 5.96 Å². The van der Waals surface area contributed by atoms with Gasteiger partial charge in [-0.3, -0.25) is 52.9 Å². The van der Waals surface area contributed by atoms with Crippen molar-refractivity contribution in [1.29, 1.82) is 0 Å². The van der Waals surface area contributed by atoms with Crippen molar-refractivity contribution in [3.8, 4) is 0 Å². The lowest BCUT2D eigenvalue weighted by Crippen LogP contribution is -2.65. The summed E-state index contributed by atoms with van der Waals surface area (Å²) in [6.45, 7) is 12.7. The summed E-state index contributed by atoms with van der Waals surface area (Å²) in [6.07, 6.45) is 0.0338. The number of nitrogens with zero attached hydrogens (tertiary/aromatic N) is 3.